The molecule has 0 unspecified atom stereocenters. The Morgan fingerprint density at radius 3 is 2.80 bits per heavy atom. The third kappa shape index (κ3) is 6.18. The van der Waals surface area contributed by atoms with Gasteiger partial charge in [0.1, 0.15) is 5.75 Å². The van der Waals surface area contributed by atoms with Crippen molar-refractivity contribution < 1.29 is 9.53 Å². The summed E-state index contributed by atoms with van der Waals surface area (Å²) < 4.78 is 7.98. The number of nitrogens with zero attached hydrogens (tertiary/aromatic N) is 2. The first-order valence-electron chi connectivity index (χ1n) is 12.1. The van der Waals surface area contributed by atoms with Crippen LogP contribution in [-0.2, 0) is 19.5 Å². The van der Waals surface area contributed by atoms with Gasteiger partial charge in [0.2, 0.25) is 0 Å². The summed E-state index contributed by atoms with van der Waals surface area (Å²) in [5.41, 5.74) is 5.89. The van der Waals surface area contributed by atoms with Crippen molar-refractivity contribution in [3.63, 3.8) is 0 Å². The Morgan fingerprint density at radius 1 is 1.20 bits per heavy atom. The zero-order valence-corrected chi connectivity index (χ0v) is 21.7. The third-order valence-electron chi connectivity index (χ3n) is 6.30. The second-order valence-corrected chi connectivity index (χ2v) is 10.1. The fourth-order valence-corrected chi connectivity index (χ4v) is 4.55. The smallest absolute Gasteiger partial charge is 0.276 e. The first-order chi connectivity index (χ1) is 16.5. The molecule has 1 amide bonds. The Morgan fingerprint density at radius 2 is 2.03 bits per heavy atom. The molecule has 35 heavy (non-hydrogen) atoms. The fourth-order valence-electron chi connectivity index (χ4n) is 4.36. The molecule has 0 radical (unpaired) electrons. The first kappa shape index (κ1) is 25.5. The molecule has 0 atom stereocenters. The van der Waals surface area contributed by atoms with Crippen LogP contribution in [0.1, 0.15) is 65.5 Å². The third-order valence-corrected chi connectivity index (χ3v) is 6.54. The van der Waals surface area contributed by atoms with Crippen LogP contribution < -0.4 is 15.4 Å². The van der Waals surface area contributed by atoms with Crippen LogP contribution in [0.5, 0.6) is 5.75 Å². The van der Waals surface area contributed by atoms with Crippen LogP contribution in [0.25, 0.3) is 0 Å². The van der Waals surface area contributed by atoms with E-state index in [1.807, 2.05) is 35.0 Å². The van der Waals surface area contributed by atoms with Gasteiger partial charge in [-0.05, 0) is 79.3 Å². The Hall–Kier alpha value is -2.54. The summed E-state index contributed by atoms with van der Waals surface area (Å²) in [6, 6.07) is 13.8. The lowest BCUT2D eigenvalue weighted by atomic mass is 10.0. The average Bonchev–Trinajstić information content (AvgIpc) is 3.58. The molecule has 1 aromatic heterocycles. The standard InChI is InChI=1S/C27H31ClN4O2.ClH/c1-17(2)16-34-26-8-6-22(28)11-21(26)15-32-25(18-3-4-18)13-24(31-32)27(33)30-23-7-5-20-14-29-10-9-19(20)12-23;/h5-8,11-13,17-18,29H,3-4,9-10,14-16H2,1-2H3,(H,30,33);1H. The molecule has 6 nitrogen and oxygen atoms in total. The molecule has 2 heterocycles. The zero-order chi connectivity index (χ0) is 23.7. The van der Waals surface area contributed by atoms with E-state index in [0.717, 1.165) is 55.0 Å². The summed E-state index contributed by atoms with van der Waals surface area (Å²) >= 11 is 6.30. The van der Waals surface area contributed by atoms with Crippen LogP contribution in [0.3, 0.4) is 0 Å². The van der Waals surface area contributed by atoms with Gasteiger partial charge in [0.15, 0.2) is 5.69 Å². The first-order valence-corrected chi connectivity index (χ1v) is 12.5. The van der Waals surface area contributed by atoms with Crippen LogP contribution in [0, 0.1) is 5.92 Å². The highest BCUT2D eigenvalue weighted by Crippen LogP contribution is 2.41. The number of hydrogen-bond acceptors (Lipinski definition) is 4. The largest absolute Gasteiger partial charge is 0.493 e. The minimum atomic E-state index is -0.183. The van der Waals surface area contributed by atoms with Gasteiger partial charge in [0.25, 0.3) is 5.91 Å². The molecule has 1 aliphatic carbocycles. The van der Waals surface area contributed by atoms with E-state index < -0.39 is 0 Å². The van der Waals surface area contributed by atoms with Crippen molar-refractivity contribution in [1.82, 2.24) is 15.1 Å². The van der Waals surface area contributed by atoms with Gasteiger partial charge in [-0.25, -0.2) is 0 Å². The summed E-state index contributed by atoms with van der Waals surface area (Å²) in [4.78, 5) is 13.1. The predicted octanol–water partition coefficient (Wildman–Crippen LogP) is 5.82. The number of amides is 1. The monoisotopic (exact) mass is 514 g/mol. The maximum absolute atomic E-state index is 13.1. The molecule has 2 aromatic carbocycles. The van der Waals surface area contributed by atoms with E-state index in [1.54, 1.807) is 0 Å². The second kappa shape index (κ2) is 11.0. The van der Waals surface area contributed by atoms with Gasteiger partial charge in [-0.2, -0.15) is 5.10 Å². The molecule has 0 saturated heterocycles. The molecule has 8 heteroatoms. The van der Waals surface area contributed by atoms with Crippen LogP contribution in [0.2, 0.25) is 5.02 Å². The Balaban J connectivity index is 0.00000289. The van der Waals surface area contributed by atoms with Crippen molar-refractivity contribution in [3.8, 4) is 5.75 Å². The molecule has 3 aromatic rings. The molecule has 0 bridgehead atoms. The van der Waals surface area contributed by atoms with Gasteiger partial charge in [0.05, 0.1) is 13.2 Å². The Kier molecular flexibility index (Phi) is 8.05. The van der Waals surface area contributed by atoms with Gasteiger partial charge in [-0.1, -0.05) is 31.5 Å². The number of carbonyl (C=O) groups excluding carboxylic acids is 1. The maximum atomic E-state index is 13.1. The number of hydrogen-bond donors (Lipinski definition) is 2. The molecule has 1 saturated carbocycles. The number of aromatic nitrogens is 2. The molecular formula is C27H32Cl2N4O2. The van der Waals surface area contributed by atoms with Crippen LogP contribution >= 0.6 is 24.0 Å². The second-order valence-electron chi connectivity index (χ2n) is 9.71. The molecule has 5 rings (SSSR count). The van der Waals surface area contributed by atoms with Crippen LogP contribution in [0.4, 0.5) is 5.69 Å². The van der Waals surface area contributed by atoms with E-state index in [4.69, 9.17) is 21.4 Å². The van der Waals surface area contributed by atoms with E-state index in [9.17, 15) is 4.79 Å². The Labute approximate surface area is 217 Å². The number of benzene rings is 2. The molecule has 1 aliphatic heterocycles. The number of anilines is 1. The van der Waals surface area contributed by atoms with Gasteiger partial charge in [0, 0.05) is 34.4 Å². The normalized spacial score (nSPS) is 14.9. The molecule has 2 aliphatic rings. The molecule has 186 valence electrons. The van der Waals surface area contributed by atoms with Gasteiger partial charge < -0.3 is 15.4 Å². The summed E-state index contributed by atoms with van der Waals surface area (Å²) in [6.07, 6.45) is 3.22. The van der Waals surface area contributed by atoms with Crippen molar-refractivity contribution >= 4 is 35.6 Å². The lowest BCUT2D eigenvalue weighted by Gasteiger charge is -2.17. The minimum absolute atomic E-state index is 0. The van der Waals surface area contributed by atoms with Crippen molar-refractivity contribution in [3.05, 3.63) is 75.6 Å². The molecular weight excluding hydrogens is 483 g/mol. The van der Waals surface area contributed by atoms with Crippen molar-refractivity contribution in [2.24, 2.45) is 5.92 Å². The Bertz CT molecular complexity index is 1200. The number of ether oxygens (including phenoxy) is 1. The number of carbonyl (C=O) groups is 1. The predicted molar refractivity (Wildman–Crippen MR) is 142 cm³/mol. The topological polar surface area (TPSA) is 68.2 Å². The van der Waals surface area contributed by atoms with Gasteiger partial charge in [-0.3, -0.25) is 9.48 Å². The molecule has 2 N–H and O–H groups in total. The van der Waals surface area contributed by atoms with E-state index in [-0.39, 0.29) is 18.3 Å². The van der Waals surface area contributed by atoms with Crippen molar-refractivity contribution in [2.45, 2.75) is 52.1 Å². The number of halogens is 2. The zero-order valence-electron chi connectivity index (χ0n) is 20.1. The van der Waals surface area contributed by atoms with Gasteiger partial charge >= 0.3 is 0 Å². The van der Waals surface area contributed by atoms with E-state index in [1.165, 1.54) is 11.1 Å². The van der Waals surface area contributed by atoms with Crippen LogP contribution in [-0.4, -0.2) is 28.8 Å². The minimum Gasteiger partial charge on any atom is -0.493 e. The van der Waals surface area contributed by atoms with E-state index in [0.29, 0.717) is 35.7 Å². The highest BCUT2D eigenvalue weighted by atomic mass is 35.5. The van der Waals surface area contributed by atoms with E-state index >= 15 is 0 Å². The average molecular weight is 515 g/mol. The maximum Gasteiger partial charge on any atom is 0.276 e. The summed E-state index contributed by atoms with van der Waals surface area (Å²) in [5.74, 6) is 1.50. The number of fused-ring (bicyclic) bond motifs is 1. The lowest BCUT2D eigenvalue weighted by Crippen LogP contribution is -2.23. The van der Waals surface area contributed by atoms with Crippen molar-refractivity contribution in [2.75, 3.05) is 18.5 Å². The van der Waals surface area contributed by atoms with Gasteiger partial charge in [-0.15, -0.1) is 12.4 Å². The summed E-state index contributed by atoms with van der Waals surface area (Å²) in [6.45, 7) is 7.24. The summed E-state index contributed by atoms with van der Waals surface area (Å²) in [7, 11) is 0. The summed E-state index contributed by atoms with van der Waals surface area (Å²) in [5, 5.41) is 11.8. The number of rotatable bonds is 8. The molecule has 1 fully saturated rings. The van der Waals surface area contributed by atoms with E-state index in [2.05, 4.69) is 36.6 Å². The SMILES string of the molecule is CC(C)COc1ccc(Cl)cc1Cn1nc(C(=O)Nc2ccc3c(c2)CCNC3)cc1C1CC1.Cl. The highest BCUT2D eigenvalue weighted by molar-refractivity contribution is 6.30. The molecule has 0 spiro atoms. The number of nitrogens with one attached hydrogen (secondary N) is 2. The fraction of sp³-hybridized carbons (Fsp3) is 0.407. The highest BCUT2D eigenvalue weighted by Gasteiger charge is 2.29. The quantitative estimate of drug-likeness (QED) is 0.397. The lowest BCUT2D eigenvalue weighted by molar-refractivity contribution is 0.102. The van der Waals surface area contributed by atoms with Crippen molar-refractivity contribution in [1.29, 1.82) is 0 Å². The van der Waals surface area contributed by atoms with Crippen LogP contribution in [0.15, 0.2) is 42.5 Å².